The van der Waals surface area contributed by atoms with Crippen LogP contribution in [0.4, 0.5) is 0 Å². The summed E-state index contributed by atoms with van der Waals surface area (Å²) in [6.07, 6.45) is 3.41. The fraction of sp³-hybridized carbons (Fsp3) is 0.125. The van der Waals surface area contributed by atoms with Crippen LogP contribution >= 0.6 is 0 Å². The molecule has 10 heavy (non-hydrogen) atoms. The highest BCUT2D eigenvalue weighted by Crippen LogP contribution is 2.15. The van der Waals surface area contributed by atoms with Crippen LogP contribution in [-0.2, 0) is 0 Å². The van der Waals surface area contributed by atoms with Crippen LogP contribution in [0.25, 0.3) is 11.1 Å². The molecule has 0 aliphatic carbocycles. The van der Waals surface area contributed by atoms with Crippen LogP contribution in [0, 0.1) is 6.92 Å². The molecular formula is C8H7NO. The molecule has 0 fully saturated rings. The van der Waals surface area contributed by atoms with Gasteiger partial charge in [0.1, 0.15) is 0 Å². The summed E-state index contributed by atoms with van der Waals surface area (Å²) in [5.74, 6) is 0. The molecule has 2 aromatic rings. The molecule has 2 nitrogen and oxygen atoms in total. The van der Waals surface area contributed by atoms with Gasteiger partial charge in [-0.3, -0.25) is 0 Å². The topological polar surface area (TPSA) is 26.0 Å². The van der Waals surface area contributed by atoms with Crippen molar-refractivity contribution in [3.8, 4) is 0 Å². The van der Waals surface area contributed by atoms with Crippen molar-refractivity contribution in [3.05, 3.63) is 30.2 Å². The lowest BCUT2D eigenvalue weighted by Gasteiger charge is -1.89. The van der Waals surface area contributed by atoms with E-state index in [4.69, 9.17) is 4.42 Å². The highest BCUT2D eigenvalue weighted by molar-refractivity contribution is 5.76. The van der Waals surface area contributed by atoms with Gasteiger partial charge in [0.2, 0.25) is 5.71 Å². The molecule has 2 aromatic heterocycles. The Kier molecular flexibility index (Phi) is 1.01. The van der Waals surface area contributed by atoms with Crippen molar-refractivity contribution < 1.29 is 4.42 Å². The maximum absolute atomic E-state index is 5.09. The average molecular weight is 133 g/mol. The first-order chi connectivity index (χ1) is 4.88. The molecule has 50 valence electrons. The minimum absolute atomic E-state index is 0.722. The molecule has 0 amide bonds. The highest BCUT2D eigenvalue weighted by Gasteiger charge is 1.97. The van der Waals surface area contributed by atoms with E-state index in [9.17, 15) is 0 Å². The van der Waals surface area contributed by atoms with E-state index in [2.05, 4.69) is 4.98 Å². The Bertz CT molecular complexity index is 351. The van der Waals surface area contributed by atoms with Crippen molar-refractivity contribution in [2.45, 2.75) is 6.92 Å². The van der Waals surface area contributed by atoms with Crippen molar-refractivity contribution in [1.82, 2.24) is 4.98 Å². The summed E-state index contributed by atoms with van der Waals surface area (Å²) in [6, 6.07) is 3.90. The zero-order valence-corrected chi connectivity index (χ0v) is 5.66. The second-order valence-corrected chi connectivity index (χ2v) is 2.27. The van der Waals surface area contributed by atoms with E-state index in [1.807, 2.05) is 19.1 Å². The second-order valence-electron chi connectivity index (χ2n) is 2.27. The van der Waals surface area contributed by atoms with Crippen molar-refractivity contribution in [2.75, 3.05) is 0 Å². The van der Waals surface area contributed by atoms with Crippen molar-refractivity contribution >= 4 is 11.1 Å². The van der Waals surface area contributed by atoms with Gasteiger partial charge in [-0.05, 0) is 24.6 Å². The smallest absolute Gasteiger partial charge is 0.226 e. The SMILES string of the molecule is Cc1ccnc2occc12. The number of aryl methyl sites for hydroxylation is 1. The normalized spacial score (nSPS) is 10.5. The fourth-order valence-corrected chi connectivity index (χ4v) is 1.01. The van der Waals surface area contributed by atoms with Gasteiger partial charge in [0.25, 0.3) is 0 Å². The van der Waals surface area contributed by atoms with Crippen molar-refractivity contribution in [2.24, 2.45) is 0 Å². The van der Waals surface area contributed by atoms with Crippen molar-refractivity contribution in [3.63, 3.8) is 0 Å². The monoisotopic (exact) mass is 133 g/mol. The van der Waals surface area contributed by atoms with Gasteiger partial charge in [-0.2, -0.15) is 0 Å². The Labute approximate surface area is 58.5 Å². The van der Waals surface area contributed by atoms with Gasteiger partial charge in [-0.1, -0.05) is 0 Å². The lowest BCUT2D eigenvalue weighted by molar-refractivity contribution is 0.603. The first-order valence-corrected chi connectivity index (χ1v) is 3.17. The molecule has 0 unspecified atom stereocenters. The van der Waals surface area contributed by atoms with E-state index < -0.39 is 0 Å². The van der Waals surface area contributed by atoms with Gasteiger partial charge in [0, 0.05) is 11.6 Å². The second kappa shape index (κ2) is 1.84. The van der Waals surface area contributed by atoms with Crippen LogP contribution < -0.4 is 0 Å². The molecule has 0 saturated carbocycles. The van der Waals surface area contributed by atoms with E-state index in [1.165, 1.54) is 5.56 Å². The summed E-state index contributed by atoms with van der Waals surface area (Å²) in [7, 11) is 0. The van der Waals surface area contributed by atoms with Gasteiger partial charge in [0.05, 0.1) is 6.26 Å². The number of rotatable bonds is 0. The van der Waals surface area contributed by atoms with E-state index >= 15 is 0 Å². The van der Waals surface area contributed by atoms with Gasteiger partial charge < -0.3 is 4.42 Å². The summed E-state index contributed by atoms with van der Waals surface area (Å²) in [6.45, 7) is 2.04. The van der Waals surface area contributed by atoms with E-state index in [0.29, 0.717) is 0 Å². The van der Waals surface area contributed by atoms with Crippen LogP contribution in [0.5, 0.6) is 0 Å². The standard InChI is InChI=1S/C8H7NO/c1-6-2-4-9-8-7(6)3-5-10-8/h2-5H,1H3. The number of hydrogen-bond donors (Lipinski definition) is 0. The van der Waals surface area contributed by atoms with Gasteiger partial charge >= 0.3 is 0 Å². The first-order valence-electron chi connectivity index (χ1n) is 3.17. The average Bonchev–Trinajstić information content (AvgIpc) is 2.36. The summed E-state index contributed by atoms with van der Waals surface area (Å²) < 4.78 is 5.09. The summed E-state index contributed by atoms with van der Waals surface area (Å²) in [4.78, 5) is 4.04. The molecule has 0 spiro atoms. The number of fused-ring (bicyclic) bond motifs is 1. The van der Waals surface area contributed by atoms with Gasteiger partial charge in [0.15, 0.2) is 0 Å². The van der Waals surface area contributed by atoms with E-state index in [0.717, 1.165) is 11.1 Å². The summed E-state index contributed by atoms with van der Waals surface area (Å²) >= 11 is 0. The minimum atomic E-state index is 0.722. The van der Waals surface area contributed by atoms with Crippen LogP contribution in [0.1, 0.15) is 5.56 Å². The predicted octanol–water partition coefficient (Wildman–Crippen LogP) is 2.14. The maximum Gasteiger partial charge on any atom is 0.226 e. The lowest BCUT2D eigenvalue weighted by Crippen LogP contribution is -1.74. The van der Waals surface area contributed by atoms with Crippen LogP contribution in [-0.4, -0.2) is 4.98 Å². The minimum Gasteiger partial charge on any atom is -0.446 e. The van der Waals surface area contributed by atoms with Crippen LogP contribution in [0.2, 0.25) is 0 Å². The number of nitrogens with zero attached hydrogens (tertiary/aromatic N) is 1. The zero-order valence-electron chi connectivity index (χ0n) is 5.66. The van der Waals surface area contributed by atoms with Crippen molar-refractivity contribution in [1.29, 1.82) is 0 Å². The molecule has 0 aliphatic rings. The molecule has 0 radical (unpaired) electrons. The van der Waals surface area contributed by atoms with Crippen LogP contribution in [0.15, 0.2) is 29.0 Å². The Balaban J connectivity index is 2.95. The molecule has 0 N–H and O–H groups in total. The number of pyridine rings is 1. The Hall–Kier alpha value is -1.31. The predicted molar refractivity (Wildman–Crippen MR) is 38.7 cm³/mol. The van der Waals surface area contributed by atoms with E-state index in [-0.39, 0.29) is 0 Å². The lowest BCUT2D eigenvalue weighted by atomic mass is 10.2. The maximum atomic E-state index is 5.09. The number of aromatic nitrogens is 1. The highest BCUT2D eigenvalue weighted by atomic mass is 16.3. The molecule has 0 atom stereocenters. The summed E-state index contributed by atoms with van der Waals surface area (Å²) in [5.41, 5.74) is 1.93. The quantitative estimate of drug-likeness (QED) is 0.550. The van der Waals surface area contributed by atoms with E-state index in [1.54, 1.807) is 12.5 Å². The molecular weight excluding hydrogens is 126 g/mol. The molecule has 2 heterocycles. The molecule has 0 aromatic carbocycles. The first kappa shape index (κ1) is 5.47. The fourth-order valence-electron chi connectivity index (χ4n) is 1.01. The number of furan rings is 1. The van der Waals surface area contributed by atoms with Gasteiger partial charge in [-0.25, -0.2) is 4.98 Å². The molecule has 0 aliphatic heterocycles. The molecule has 2 heteroatoms. The Morgan fingerprint density at radius 3 is 3.10 bits per heavy atom. The molecule has 2 rings (SSSR count). The van der Waals surface area contributed by atoms with Crippen LogP contribution in [0.3, 0.4) is 0 Å². The Morgan fingerprint density at radius 2 is 2.30 bits per heavy atom. The number of hydrogen-bond acceptors (Lipinski definition) is 2. The molecule has 0 bridgehead atoms. The third-order valence-electron chi connectivity index (χ3n) is 1.59. The molecule has 0 saturated heterocycles. The third-order valence-corrected chi connectivity index (χ3v) is 1.59. The largest absolute Gasteiger partial charge is 0.446 e. The summed E-state index contributed by atoms with van der Waals surface area (Å²) in [5, 5.41) is 1.10. The van der Waals surface area contributed by atoms with Gasteiger partial charge in [-0.15, -0.1) is 0 Å². The Morgan fingerprint density at radius 1 is 1.40 bits per heavy atom. The third kappa shape index (κ3) is 0.620. The zero-order chi connectivity index (χ0) is 6.97.